The third kappa shape index (κ3) is 5.85. The van der Waals surface area contributed by atoms with Crippen LogP contribution >= 0.6 is 0 Å². The lowest BCUT2D eigenvalue weighted by atomic mass is 9.64. The van der Waals surface area contributed by atoms with Gasteiger partial charge in [0.2, 0.25) is 0 Å². The van der Waals surface area contributed by atoms with E-state index in [1.54, 1.807) is 0 Å². The molecule has 0 aromatic heterocycles. The van der Waals surface area contributed by atoms with Crippen LogP contribution in [0.2, 0.25) is 0 Å². The van der Waals surface area contributed by atoms with Crippen LogP contribution in [0.4, 0.5) is 35.1 Å². The summed E-state index contributed by atoms with van der Waals surface area (Å²) >= 11 is 0. The molecule has 4 aliphatic carbocycles. The molecule has 4 aliphatic rings. The van der Waals surface area contributed by atoms with E-state index in [1.165, 1.54) is 0 Å². The highest BCUT2D eigenvalue weighted by Crippen LogP contribution is 2.51. The Morgan fingerprint density at radius 1 is 0.583 bits per heavy atom. The lowest BCUT2D eigenvalue weighted by Crippen LogP contribution is -2.54. The first kappa shape index (κ1) is 28.4. The number of hydrogen-bond donors (Lipinski definition) is 0. The Labute approximate surface area is 209 Å². The van der Waals surface area contributed by atoms with Crippen molar-refractivity contribution in [2.45, 2.75) is 127 Å². The van der Waals surface area contributed by atoms with Crippen LogP contribution < -0.4 is 0 Å². The molecule has 0 aromatic carbocycles. The van der Waals surface area contributed by atoms with Gasteiger partial charge in [-0.2, -0.15) is 8.78 Å². The maximum absolute atomic E-state index is 15.2. The fraction of sp³-hybridized carbons (Fsp3) is 1.00. The molecule has 0 aromatic rings. The summed E-state index contributed by atoms with van der Waals surface area (Å²) in [5.41, 5.74) is 0. The molecule has 1 nitrogen and oxygen atoms in total. The molecule has 36 heavy (non-hydrogen) atoms. The van der Waals surface area contributed by atoms with E-state index in [9.17, 15) is 22.0 Å². The smallest absolute Gasteiger partial charge is 0.316 e. The van der Waals surface area contributed by atoms with Crippen LogP contribution in [0.3, 0.4) is 0 Å². The van der Waals surface area contributed by atoms with Crippen LogP contribution in [0.25, 0.3) is 0 Å². The van der Waals surface area contributed by atoms with Gasteiger partial charge in [0.15, 0.2) is 6.17 Å². The standard InChI is InChI=1S/C27H40F8O/c1-13-3-5-15(6-4-13)16-7-8-18(19(28)9-16)17-10-20(29)24(21(30)11-17)27(34,35)36-23-12-22(31)26(33)25(32)14(23)2/h13-26H,3-12H2,1-2H3. The Bertz CT molecular complexity index is 704. The summed E-state index contributed by atoms with van der Waals surface area (Å²) in [6.07, 6.45) is -14.4. The summed E-state index contributed by atoms with van der Waals surface area (Å²) in [7, 11) is 0. The van der Waals surface area contributed by atoms with Gasteiger partial charge in [-0.15, -0.1) is 0 Å². The highest BCUT2D eigenvalue weighted by Gasteiger charge is 2.58. The Morgan fingerprint density at radius 2 is 1.14 bits per heavy atom. The second kappa shape index (κ2) is 11.3. The molecule has 9 heteroatoms. The summed E-state index contributed by atoms with van der Waals surface area (Å²) in [6, 6.07) is 0. The summed E-state index contributed by atoms with van der Waals surface area (Å²) in [4.78, 5) is 0. The van der Waals surface area contributed by atoms with E-state index in [1.807, 2.05) is 0 Å². The van der Waals surface area contributed by atoms with E-state index >= 15 is 13.2 Å². The highest BCUT2D eigenvalue weighted by atomic mass is 19.3. The molecule has 4 fully saturated rings. The number of ether oxygens (including phenoxy) is 1. The van der Waals surface area contributed by atoms with Gasteiger partial charge in [-0.3, -0.25) is 0 Å². The van der Waals surface area contributed by atoms with E-state index in [0.717, 1.165) is 39.0 Å². The predicted molar refractivity (Wildman–Crippen MR) is 121 cm³/mol. The minimum Gasteiger partial charge on any atom is -0.316 e. The zero-order chi connectivity index (χ0) is 26.4. The molecule has 0 saturated heterocycles. The molecule has 0 radical (unpaired) electrons. The van der Waals surface area contributed by atoms with Crippen molar-refractivity contribution in [2.24, 2.45) is 41.4 Å². The van der Waals surface area contributed by atoms with Gasteiger partial charge in [0.05, 0.1) is 6.10 Å². The van der Waals surface area contributed by atoms with Crippen molar-refractivity contribution in [3.63, 3.8) is 0 Å². The lowest BCUT2D eigenvalue weighted by molar-refractivity contribution is -0.330. The fourth-order valence-corrected chi connectivity index (χ4v) is 7.55. The second-order valence-electron chi connectivity index (χ2n) is 12.3. The molecule has 210 valence electrons. The van der Waals surface area contributed by atoms with Crippen LogP contribution in [0.1, 0.15) is 78.1 Å². The van der Waals surface area contributed by atoms with Crippen LogP contribution in [0.5, 0.6) is 0 Å². The second-order valence-corrected chi connectivity index (χ2v) is 12.3. The third-order valence-corrected chi connectivity index (χ3v) is 9.92. The van der Waals surface area contributed by atoms with Crippen molar-refractivity contribution in [1.29, 1.82) is 0 Å². The van der Waals surface area contributed by atoms with Crippen molar-refractivity contribution in [3.8, 4) is 0 Å². The normalized spacial score (nSPS) is 51.2. The quantitative estimate of drug-likeness (QED) is 0.324. The minimum absolute atomic E-state index is 0.264. The molecule has 4 rings (SSSR count). The highest BCUT2D eigenvalue weighted by molar-refractivity contribution is 4.98. The summed E-state index contributed by atoms with van der Waals surface area (Å²) in [6.45, 7) is 3.34. The van der Waals surface area contributed by atoms with E-state index in [-0.39, 0.29) is 5.92 Å². The molecular formula is C27H40F8O. The molecule has 10 atom stereocenters. The fourth-order valence-electron chi connectivity index (χ4n) is 7.55. The maximum atomic E-state index is 15.2. The number of halogens is 8. The van der Waals surface area contributed by atoms with E-state index in [0.29, 0.717) is 24.7 Å². The molecule has 10 unspecified atom stereocenters. The maximum Gasteiger partial charge on any atom is 0.364 e. The van der Waals surface area contributed by atoms with Gasteiger partial charge >= 0.3 is 6.11 Å². The predicted octanol–water partition coefficient (Wildman–Crippen LogP) is 8.30. The topological polar surface area (TPSA) is 9.23 Å². The molecule has 0 aliphatic heterocycles. The van der Waals surface area contributed by atoms with Crippen molar-refractivity contribution in [1.82, 2.24) is 0 Å². The van der Waals surface area contributed by atoms with Crippen molar-refractivity contribution >= 4 is 0 Å². The number of rotatable bonds is 5. The Kier molecular flexibility index (Phi) is 8.88. The summed E-state index contributed by atoms with van der Waals surface area (Å²) in [5.74, 6) is -3.64. The number of hydrogen-bond acceptors (Lipinski definition) is 1. The zero-order valence-corrected chi connectivity index (χ0v) is 21.1. The number of alkyl halides is 8. The van der Waals surface area contributed by atoms with Crippen LogP contribution in [-0.2, 0) is 4.74 Å². The SMILES string of the molecule is CC1CCC(C2CCC(C3CC(F)C(C(F)(F)OC4CC(F)C(F)C(F)C4C)C(F)C3)C(F)C2)CC1. The Morgan fingerprint density at radius 3 is 1.72 bits per heavy atom. The van der Waals surface area contributed by atoms with Crippen LogP contribution in [-0.4, -0.2) is 49.2 Å². The average Bonchev–Trinajstić information content (AvgIpc) is 2.80. The Hall–Kier alpha value is -0.600. The Balaban J connectivity index is 1.34. The third-order valence-electron chi connectivity index (χ3n) is 9.92. The first-order valence-corrected chi connectivity index (χ1v) is 13.8. The van der Waals surface area contributed by atoms with Crippen molar-refractivity contribution in [2.75, 3.05) is 0 Å². The molecule has 0 N–H and O–H groups in total. The first-order chi connectivity index (χ1) is 16.9. The van der Waals surface area contributed by atoms with Crippen LogP contribution in [0, 0.1) is 41.4 Å². The average molecular weight is 533 g/mol. The van der Waals surface area contributed by atoms with Crippen molar-refractivity contribution < 1.29 is 39.9 Å². The molecule has 0 heterocycles. The van der Waals surface area contributed by atoms with Gasteiger partial charge in [0, 0.05) is 12.3 Å². The van der Waals surface area contributed by atoms with Gasteiger partial charge in [0.1, 0.15) is 36.8 Å². The summed E-state index contributed by atoms with van der Waals surface area (Å²) in [5, 5.41) is 0. The molecule has 0 spiro atoms. The summed E-state index contributed by atoms with van der Waals surface area (Å²) < 4.78 is 121. The monoisotopic (exact) mass is 532 g/mol. The van der Waals surface area contributed by atoms with Gasteiger partial charge in [0.25, 0.3) is 0 Å². The van der Waals surface area contributed by atoms with Gasteiger partial charge < -0.3 is 4.74 Å². The molecule has 0 amide bonds. The zero-order valence-electron chi connectivity index (χ0n) is 21.1. The molecular weight excluding hydrogens is 492 g/mol. The van der Waals surface area contributed by atoms with Gasteiger partial charge in [-0.05, 0) is 74.5 Å². The van der Waals surface area contributed by atoms with E-state index in [2.05, 4.69) is 11.7 Å². The largest absolute Gasteiger partial charge is 0.364 e. The van der Waals surface area contributed by atoms with Crippen molar-refractivity contribution in [3.05, 3.63) is 0 Å². The van der Waals surface area contributed by atoms with E-state index < -0.39 is 92.2 Å². The lowest BCUT2D eigenvalue weighted by Gasteiger charge is -2.46. The minimum atomic E-state index is -4.32. The van der Waals surface area contributed by atoms with Gasteiger partial charge in [-0.25, -0.2) is 26.3 Å². The van der Waals surface area contributed by atoms with E-state index in [4.69, 9.17) is 0 Å². The van der Waals surface area contributed by atoms with Gasteiger partial charge in [-0.1, -0.05) is 26.7 Å². The molecule has 0 bridgehead atoms. The van der Waals surface area contributed by atoms with Crippen LogP contribution in [0.15, 0.2) is 0 Å². The molecule has 4 saturated carbocycles. The first-order valence-electron chi connectivity index (χ1n) is 13.8.